The second kappa shape index (κ2) is 5.25. The fourth-order valence-corrected chi connectivity index (χ4v) is 2.38. The van der Waals surface area contributed by atoms with Gasteiger partial charge in [0.2, 0.25) is 0 Å². The van der Waals surface area contributed by atoms with Crippen molar-refractivity contribution in [2.45, 2.75) is 31.9 Å². The molecular weight excluding hydrogens is 238 g/mol. The molecule has 0 bridgehead atoms. The summed E-state index contributed by atoms with van der Waals surface area (Å²) in [5.74, 6) is 0. The molecule has 1 aliphatic carbocycles. The van der Waals surface area contributed by atoms with Gasteiger partial charge in [0.1, 0.15) is 0 Å². The van der Waals surface area contributed by atoms with E-state index in [1.807, 2.05) is 18.2 Å². The molecule has 1 fully saturated rings. The molecule has 1 aromatic carbocycles. The van der Waals surface area contributed by atoms with Crippen LogP contribution in [0, 0.1) is 0 Å². The first-order valence-corrected chi connectivity index (χ1v) is 6.36. The predicted octanol–water partition coefficient (Wildman–Crippen LogP) is 2.35. The number of hydrogen-bond acceptors (Lipinski definition) is 3. The molecule has 0 aromatic heterocycles. The normalized spacial score (nSPS) is 16.9. The van der Waals surface area contributed by atoms with Crippen LogP contribution in [0.3, 0.4) is 0 Å². The third-order valence-corrected chi connectivity index (χ3v) is 3.42. The summed E-state index contributed by atoms with van der Waals surface area (Å²) in [5, 5.41) is 19.2. The van der Waals surface area contributed by atoms with Crippen LogP contribution in [0.2, 0.25) is 5.02 Å². The molecule has 0 spiro atoms. The molecular formula is C13H18ClNO2. The lowest BCUT2D eigenvalue weighted by molar-refractivity contribution is 0.199. The van der Waals surface area contributed by atoms with Crippen molar-refractivity contribution < 1.29 is 10.2 Å². The summed E-state index contributed by atoms with van der Waals surface area (Å²) in [6.07, 6.45) is 1.80. The van der Waals surface area contributed by atoms with Gasteiger partial charge in [-0.3, -0.25) is 0 Å². The summed E-state index contributed by atoms with van der Waals surface area (Å²) in [7, 11) is 0. The van der Waals surface area contributed by atoms with Gasteiger partial charge in [-0.05, 0) is 37.5 Å². The zero-order valence-corrected chi connectivity index (χ0v) is 10.7. The second-order valence-corrected chi connectivity index (χ2v) is 4.94. The smallest absolute Gasteiger partial charge is 0.0776 e. The zero-order chi connectivity index (χ0) is 12.4. The number of anilines is 1. The van der Waals surface area contributed by atoms with E-state index in [-0.39, 0.29) is 6.61 Å². The van der Waals surface area contributed by atoms with E-state index in [0.717, 1.165) is 11.3 Å². The highest BCUT2D eigenvalue weighted by atomic mass is 35.5. The molecule has 0 heterocycles. The Morgan fingerprint density at radius 3 is 2.65 bits per heavy atom. The summed E-state index contributed by atoms with van der Waals surface area (Å²) in [5.41, 5.74) is 1.77. The van der Waals surface area contributed by atoms with E-state index in [4.69, 9.17) is 16.7 Å². The fourth-order valence-electron chi connectivity index (χ4n) is 2.05. The Balaban J connectivity index is 2.22. The van der Waals surface area contributed by atoms with Crippen molar-refractivity contribution in [2.24, 2.45) is 0 Å². The van der Waals surface area contributed by atoms with Crippen LogP contribution in [0.25, 0.3) is 0 Å². The number of nitrogens with zero attached hydrogens (tertiary/aromatic N) is 1. The van der Waals surface area contributed by atoms with Crippen LogP contribution in [-0.4, -0.2) is 29.4 Å². The molecule has 0 amide bonds. The van der Waals surface area contributed by atoms with E-state index in [2.05, 4.69) is 4.90 Å². The van der Waals surface area contributed by atoms with Gasteiger partial charge in [-0.2, -0.15) is 0 Å². The Morgan fingerprint density at radius 2 is 2.18 bits per heavy atom. The number of aliphatic hydroxyl groups is 2. The molecule has 17 heavy (non-hydrogen) atoms. The van der Waals surface area contributed by atoms with E-state index >= 15 is 0 Å². The van der Waals surface area contributed by atoms with Gasteiger partial charge in [-0.1, -0.05) is 17.7 Å². The van der Waals surface area contributed by atoms with Crippen LogP contribution in [-0.2, 0) is 0 Å². The summed E-state index contributed by atoms with van der Waals surface area (Å²) >= 11 is 6.14. The minimum absolute atomic E-state index is 0.145. The van der Waals surface area contributed by atoms with Crippen molar-refractivity contribution in [3.63, 3.8) is 0 Å². The lowest BCUT2D eigenvalue weighted by Crippen LogP contribution is -2.28. The molecule has 0 radical (unpaired) electrons. The van der Waals surface area contributed by atoms with Crippen LogP contribution in [0.5, 0.6) is 0 Å². The molecule has 2 N–H and O–H groups in total. The van der Waals surface area contributed by atoms with Gasteiger partial charge in [0.15, 0.2) is 0 Å². The Hall–Kier alpha value is -0.770. The van der Waals surface area contributed by atoms with Gasteiger partial charge in [-0.25, -0.2) is 0 Å². The Morgan fingerprint density at radius 1 is 1.47 bits per heavy atom. The van der Waals surface area contributed by atoms with E-state index in [0.29, 0.717) is 17.6 Å². The number of benzene rings is 1. The SMILES string of the molecule is CC(O)c1ccc(N(CCO)C2CC2)cc1Cl. The Kier molecular flexibility index (Phi) is 3.92. The van der Waals surface area contributed by atoms with E-state index < -0.39 is 6.10 Å². The maximum Gasteiger partial charge on any atom is 0.0776 e. The maximum absolute atomic E-state index is 9.52. The Labute approximate surface area is 107 Å². The molecule has 4 heteroatoms. The van der Waals surface area contributed by atoms with Crippen LogP contribution >= 0.6 is 11.6 Å². The van der Waals surface area contributed by atoms with Crippen LogP contribution in [0.4, 0.5) is 5.69 Å². The monoisotopic (exact) mass is 255 g/mol. The number of rotatable bonds is 5. The number of hydrogen-bond donors (Lipinski definition) is 2. The van der Waals surface area contributed by atoms with Crippen LogP contribution < -0.4 is 4.90 Å². The van der Waals surface area contributed by atoms with Crippen molar-refractivity contribution >= 4 is 17.3 Å². The predicted molar refractivity (Wildman–Crippen MR) is 69.5 cm³/mol. The lowest BCUT2D eigenvalue weighted by atomic mass is 10.1. The van der Waals surface area contributed by atoms with Crippen molar-refractivity contribution in [1.82, 2.24) is 0 Å². The van der Waals surface area contributed by atoms with Crippen molar-refractivity contribution in [3.8, 4) is 0 Å². The quantitative estimate of drug-likeness (QED) is 0.849. The number of halogens is 1. The third-order valence-electron chi connectivity index (χ3n) is 3.09. The molecule has 2 rings (SSSR count). The molecule has 94 valence electrons. The van der Waals surface area contributed by atoms with Gasteiger partial charge in [0.25, 0.3) is 0 Å². The summed E-state index contributed by atoms with van der Waals surface area (Å²) < 4.78 is 0. The first-order chi connectivity index (χ1) is 8.13. The average molecular weight is 256 g/mol. The molecule has 0 saturated heterocycles. The first kappa shape index (κ1) is 12.7. The average Bonchev–Trinajstić information content (AvgIpc) is 3.09. The molecule has 1 aliphatic rings. The molecule has 1 unspecified atom stereocenters. The first-order valence-electron chi connectivity index (χ1n) is 5.98. The largest absolute Gasteiger partial charge is 0.395 e. The topological polar surface area (TPSA) is 43.7 Å². The number of aliphatic hydroxyl groups excluding tert-OH is 2. The standard InChI is InChI=1S/C13H18ClNO2/c1-9(17)12-5-4-11(8-13(12)14)15(6-7-16)10-2-3-10/h4-5,8-10,16-17H,2-3,6-7H2,1H3. The van der Waals surface area contributed by atoms with Gasteiger partial charge in [0, 0.05) is 23.3 Å². The van der Waals surface area contributed by atoms with Gasteiger partial charge < -0.3 is 15.1 Å². The second-order valence-electron chi connectivity index (χ2n) is 4.53. The van der Waals surface area contributed by atoms with E-state index in [1.54, 1.807) is 6.92 Å². The highest BCUT2D eigenvalue weighted by Crippen LogP contribution is 2.34. The minimum atomic E-state index is -0.552. The van der Waals surface area contributed by atoms with Crippen molar-refractivity contribution in [2.75, 3.05) is 18.1 Å². The lowest BCUT2D eigenvalue weighted by Gasteiger charge is -2.24. The highest BCUT2D eigenvalue weighted by molar-refractivity contribution is 6.31. The third kappa shape index (κ3) is 2.92. The molecule has 1 aromatic rings. The van der Waals surface area contributed by atoms with E-state index in [1.165, 1.54) is 12.8 Å². The van der Waals surface area contributed by atoms with Crippen molar-refractivity contribution in [1.29, 1.82) is 0 Å². The molecule has 1 atom stereocenters. The van der Waals surface area contributed by atoms with Crippen LogP contribution in [0.1, 0.15) is 31.4 Å². The van der Waals surface area contributed by atoms with Gasteiger partial charge >= 0.3 is 0 Å². The Bertz CT molecular complexity index is 391. The zero-order valence-electron chi connectivity index (χ0n) is 9.93. The maximum atomic E-state index is 9.52. The van der Waals surface area contributed by atoms with Gasteiger partial charge in [-0.15, -0.1) is 0 Å². The summed E-state index contributed by atoms with van der Waals surface area (Å²) in [6, 6.07) is 6.23. The van der Waals surface area contributed by atoms with Crippen LogP contribution in [0.15, 0.2) is 18.2 Å². The summed E-state index contributed by atoms with van der Waals surface area (Å²) in [6.45, 7) is 2.48. The van der Waals surface area contributed by atoms with Crippen molar-refractivity contribution in [3.05, 3.63) is 28.8 Å². The van der Waals surface area contributed by atoms with E-state index in [9.17, 15) is 5.11 Å². The fraction of sp³-hybridized carbons (Fsp3) is 0.538. The molecule has 0 aliphatic heterocycles. The minimum Gasteiger partial charge on any atom is -0.395 e. The molecule has 3 nitrogen and oxygen atoms in total. The molecule has 1 saturated carbocycles. The summed E-state index contributed by atoms with van der Waals surface area (Å²) in [4.78, 5) is 2.18. The highest BCUT2D eigenvalue weighted by Gasteiger charge is 2.29. The van der Waals surface area contributed by atoms with Gasteiger partial charge in [0.05, 0.1) is 12.7 Å².